The molecule has 0 aromatic heterocycles. The van der Waals surface area contributed by atoms with Crippen LogP contribution in [0.5, 0.6) is 11.5 Å². The van der Waals surface area contributed by atoms with Crippen molar-refractivity contribution in [3.63, 3.8) is 0 Å². The molecule has 0 fully saturated rings. The number of benzene rings is 2. The molecule has 0 saturated heterocycles. The topological polar surface area (TPSA) is 49.7 Å². The van der Waals surface area contributed by atoms with Gasteiger partial charge in [-0.2, -0.15) is 0 Å². The van der Waals surface area contributed by atoms with Crippen molar-refractivity contribution in [2.45, 2.75) is 0 Å². The van der Waals surface area contributed by atoms with Gasteiger partial charge in [0.25, 0.3) is 0 Å². The Kier molecular flexibility index (Phi) is 4.63. The average molecular weight is 230 g/mol. The summed E-state index contributed by atoms with van der Waals surface area (Å²) in [6, 6.07) is 10.6. The largest absolute Gasteiger partial charge is 0.504 e. The fourth-order valence-electron chi connectivity index (χ4n) is 1.31. The first-order valence-electron chi connectivity index (χ1n) is 4.97. The Morgan fingerprint density at radius 1 is 0.941 bits per heavy atom. The van der Waals surface area contributed by atoms with E-state index in [2.05, 4.69) is 17.9 Å². The molecule has 2 rings (SSSR count). The fourth-order valence-corrected chi connectivity index (χ4v) is 1.31. The molecule has 0 radical (unpaired) electrons. The summed E-state index contributed by atoms with van der Waals surface area (Å²) in [7, 11) is 0. The number of fused-ring (bicyclic) bond motifs is 1. The molecule has 2 N–H and O–H groups in total. The van der Waals surface area contributed by atoms with Crippen molar-refractivity contribution in [2.75, 3.05) is 0 Å². The zero-order valence-corrected chi connectivity index (χ0v) is 9.34. The van der Waals surface area contributed by atoms with Gasteiger partial charge in [0.15, 0.2) is 11.5 Å². The summed E-state index contributed by atoms with van der Waals surface area (Å²) in [4.78, 5) is 0. The number of hydrogen-bond donors (Lipinski definition) is 2. The van der Waals surface area contributed by atoms with Gasteiger partial charge >= 0.3 is 0 Å². The molecule has 0 bridgehead atoms. The second-order valence-corrected chi connectivity index (χ2v) is 3.12. The van der Waals surface area contributed by atoms with Crippen LogP contribution in [-0.4, -0.2) is 10.2 Å². The predicted molar refractivity (Wildman–Crippen MR) is 68.8 cm³/mol. The summed E-state index contributed by atoms with van der Waals surface area (Å²) in [5.41, 5.74) is 0. The van der Waals surface area contributed by atoms with Crippen molar-refractivity contribution in [1.82, 2.24) is 0 Å². The Morgan fingerprint density at radius 2 is 1.59 bits per heavy atom. The second kappa shape index (κ2) is 6.23. The summed E-state index contributed by atoms with van der Waals surface area (Å²) in [5.74, 6) is -0.123. The lowest BCUT2D eigenvalue weighted by Gasteiger charge is -2.01. The SMILES string of the molecule is C=COC=C.Oc1ccc2ccccc2c1O. The minimum absolute atomic E-state index is 0.0481. The molecule has 0 aliphatic carbocycles. The molecule has 2 aromatic carbocycles. The van der Waals surface area contributed by atoms with Crippen LogP contribution < -0.4 is 0 Å². The molecule has 17 heavy (non-hydrogen) atoms. The maximum atomic E-state index is 9.41. The third kappa shape index (κ3) is 3.28. The Labute approximate surface area is 99.9 Å². The molecule has 3 nitrogen and oxygen atoms in total. The third-order valence-corrected chi connectivity index (χ3v) is 2.07. The van der Waals surface area contributed by atoms with Crippen LogP contribution in [0.4, 0.5) is 0 Å². The van der Waals surface area contributed by atoms with Gasteiger partial charge in [0.05, 0.1) is 12.5 Å². The van der Waals surface area contributed by atoms with Gasteiger partial charge < -0.3 is 14.9 Å². The summed E-state index contributed by atoms with van der Waals surface area (Å²) in [6.07, 6.45) is 2.62. The third-order valence-electron chi connectivity index (χ3n) is 2.07. The average Bonchev–Trinajstić information content (AvgIpc) is 2.36. The van der Waals surface area contributed by atoms with Crippen LogP contribution in [-0.2, 0) is 4.74 Å². The van der Waals surface area contributed by atoms with Crippen molar-refractivity contribution in [3.05, 3.63) is 62.1 Å². The molecule has 3 heteroatoms. The van der Waals surface area contributed by atoms with E-state index in [1.165, 1.54) is 18.6 Å². The summed E-state index contributed by atoms with van der Waals surface area (Å²) >= 11 is 0. The molecule has 0 unspecified atom stereocenters. The molecule has 0 spiro atoms. The van der Waals surface area contributed by atoms with Crippen LogP contribution in [0.15, 0.2) is 62.1 Å². The van der Waals surface area contributed by atoms with Gasteiger partial charge in [-0.15, -0.1) is 0 Å². The molecular formula is C14H14O3. The van der Waals surface area contributed by atoms with E-state index in [-0.39, 0.29) is 11.5 Å². The molecule has 0 aliphatic rings. The van der Waals surface area contributed by atoms with Gasteiger partial charge in [-0.3, -0.25) is 0 Å². The van der Waals surface area contributed by atoms with Gasteiger partial charge in [0.2, 0.25) is 0 Å². The Balaban J connectivity index is 0.000000249. The highest BCUT2D eigenvalue weighted by Gasteiger charge is 2.02. The molecule has 0 saturated carbocycles. The van der Waals surface area contributed by atoms with Crippen molar-refractivity contribution >= 4 is 10.8 Å². The second-order valence-electron chi connectivity index (χ2n) is 3.12. The van der Waals surface area contributed by atoms with Crippen LogP contribution in [0, 0.1) is 0 Å². The quantitative estimate of drug-likeness (QED) is 0.612. The van der Waals surface area contributed by atoms with E-state index in [0.717, 1.165) is 5.39 Å². The van der Waals surface area contributed by atoms with E-state index in [1.807, 2.05) is 18.2 Å². The predicted octanol–water partition coefficient (Wildman–Crippen LogP) is 3.54. The summed E-state index contributed by atoms with van der Waals surface area (Å²) in [5, 5.41) is 20.2. The Bertz CT molecular complexity index is 512. The van der Waals surface area contributed by atoms with E-state index < -0.39 is 0 Å². The lowest BCUT2D eigenvalue weighted by atomic mass is 10.1. The number of aromatic hydroxyl groups is 2. The van der Waals surface area contributed by atoms with Crippen LogP contribution >= 0.6 is 0 Å². The van der Waals surface area contributed by atoms with Crippen LogP contribution in [0.25, 0.3) is 10.8 Å². The highest BCUT2D eigenvalue weighted by Crippen LogP contribution is 2.32. The van der Waals surface area contributed by atoms with Crippen molar-refractivity contribution in [2.24, 2.45) is 0 Å². The zero-order valence-electron chi connectivity index (χ0n) is 9.34. The minimum Gasteiger partial charge on any atom is -0.504 e. The molecule has 0 atom stereocenters. The van der Waals surface area contributed by atoms with E-state index in [0.29, 0.717) is 5.39 Å². The van der Waals surface area contributed by atoms with Gasteiger partial charge in [-0.25, -0.2) is 0 Å². The van der Waals surface area contributed by atoms with Gasteiger partial charge in [-0.1, -0.05) is 43.5 Å². The maximum Gasteiger partial charge on any atom is 0.165 e. The van der Waals surface area contributed by atoms with E-state index in [1.54, 1.807) is 12.1 Å². The molecule has 0 aliphatic heterocycles. The fraction of sp³-hybridized carbons (Fsp3) is 0. The first kappa shape index (κ1) is 12.6. The van der Waals surface area contributed by atoms with Crippen LogP contribution in [0.1, 0.15) is 0 Å². The number of phenols is 2. The lowest BCUT2D eigenvalue weighted by molar-refractivity contribution is 0.406. The van der Waals surface area contributed by atoms with Crippen molar-refractivity contribution in [3.8, 4) is 11.5 Å². The van der Waals surface area contributed by atoms with Gasteiger partial charge in [0.1, 0.15) is 0 Å². The van der Waals surface area contributed by atoms with E-state index >= 15 is 0 Å². The van der Waals surface area contributed by atoms with E-state index in [4.69, 9.17) is 5.11 Å². The number of phenolic OH excluding ortho intramolecular Hbond substituents is 2. The Hall–Kier alpha value is -2.42. The Morgan fingerprint density at radius 3 is 2.18 bits per heavy atom. The normalized spacial score (nSPS) is 8.94. The highest BCUT2D eigenvalue weighted by molar-refractivity contribution is 5.90. The van der Waals surface area contributed by atoms with E-state index in [9.17, 15) is 5.11 Å². The first-order chi connectivity index (χ1) is 8.20. The molecule has 0 amide bonds. The molecule has 88 valence electrons. The smallest absolute Gasteiger partial charge is 0.165 e. The highest BCUT2D eigenvalue weighted by atomic mass is 16.5. The monoisotopic (exact) mass is 230 g/mol. The molecule has 2 aromatic rings. The minimum atomic E-state index is -0.0753. The standard InChI is InChI=1S/C10H8O2.C4H6O/c11-9-6-5-7-3-1-2-4-8(7)10(9)12;1-3-5-4-2/h1-6,11-12H;3-4H,1-2H2. The van der Waals surface area contributed by atoms with Gasteiger partial charge in [0, 0.05) is 5.39 Å². The number of ether oxygens (including phenoxy) is 1. The number of hydrogen-bond acceptors (Lipinski definition) is 3. The maximum absolute atomic E-state index is 9.41. The zero-order chi connectivity index (χ0) is 12.7. The first-order valence-corrected chi connectivity index (χ1v) is 4.97. The van der Waals surface area contributed by atoms with Gasteiger partial charge in [-0.05, 0) is 11.5 Å². The number of rotatable bonds is 2. The molecular weight excluding hydrogens is 216 g/mol. The molecule has 0 heterocycles. The van der Waals surface area contributed by atoms with Crippen molar-refractivity contribution < 1.29 is 14.9 Å². The van der Waals surface area contributed by atoms with Crippen LogP contribution in [0.3, 0.4) is 0 Å². The van der Waals surface area contributed by atoms with Crippen LogP contribution in [0.2, 0.25) is 0 Å². The summed E-state index contributed by atoms with van der Waals surface area (Å²) in [6.45, 7) is 6.51. The van der Waals surface area contributed by atoms with Crippen molar-refractivity contribution in [1.29, 1.82) is 0 Å². The lowest BCUT2D eigenvalue weighted by Crippen LogP contribution is -1.73. The summed E-state index contributed by atoms with van der Waals surface area (Å²) < 4.78 is 4.36.